The van der Waals surface area contributed by atoms with Gasteiger partial charge in [-0.1, -0.05) is 33.6 Å². The van der Waals surface area contributed by atoms with E-state index in [1.165, 1.54) is 0 Å². The molecule has 0 unspecified atom stereocenters. The first-order valence-electron chi connectivity index (χ1n) is 7.88. The molecule has 3 rings (SSSR count). The van der Waals surface area contributed by atoms with Crippen molar-refractivity contribution in [1.82, 2.24) is 0 Å². The summed E-state index contributed by atoms with van der Waals surface area (Å²) in [5, 5.41) is 2.91. The second-order valence-electron chi connectivity index (χ2n) is 6.19. The zero-order valence-electron chi connectivity index (χ0n) is 13.7. The van der Waals surface area contributed by atoms with Crippen molar-refractivity contribution < 1.29 is 9.59 Å². The number of rotatable bonds is 3. The highest BCUT2D eigenvalue weighted by atomic mass is 79.9. The fraction of sp³-hybridized carbons (Fsp3) is 0.263. The minimum Gasteiger partial charge on any atom is -0.326 e. The van der Waals surface area contributed by atoms with Gasteiger partial charge < -0.3 is 10.2 Å². The molecule has 124 valence electrons. The van der Waals surface area contributed by atoms with E-state index in [1.54, 1.807) is 4.90 Å². The van der Waals surface area contributed by atoms with Crippen LogP contribution in [-0.2, 0) is 9.59 Å². The molecule has 1 saturated heterocycles. The first-order valence-corrected chi connectivity index (χ1v) is 8.67. The van der Waals surface area contributed by atoms with E-state index < -0.39 is 0 Å². The van der Waals surface area contributed by atoms with Crippen LogP contribution in [0.3, 0.4) is 0 Å². The van der Waals surface area contributed by atoms with Gasteiger partial charge in [-0.15, -0.1) is 0 Å². The van der Waals surface area contributed by atoms with Crippen molar-refractivity contribution in [1.29, 1.82) is 0 Å². The Kier molecular flexibility index (Phi) is 4.71. The average Bonchev–Trinajstić information content (AvgIpc) is 2.94. The Morgan fingerprint density at radius 2 is 1.88 bits per heavy atom. The second-order valence-corrected chi connectivity index (χ2v) is 7.05. The van der Waals surface area contributed by atoms with Crippen LogP contribution in [0.5, 0.6) is 0 Å². The lowest BCUT2D eigenvalue weighted by atomic mass is 10.1. The van der Waals surface area contributed by atoms with Crippen LogP contribution in [0.1, 0.15) is 17.5 Å². The largest absolute Gasteiger partial charge is 0.326 e. The Labute approximate surface area is 150 Å². The third kappa shape index (κ3) is 3.51. The molecule has 1 atom stereocenters. The molecule has 0 spiro atoms. The van der Waals surface area contributed by atoms with Crippen LogP contribution in [0.2, 0.25) is 0 Å². The molecule has 1 N–H and O–H groups in total. The van der Waals surface area contributed by atoms with Gasteiger partial charge in [-0.05, 0) is 49.7 Å². The summed E-state index contributed by atoms with van der Waals surface area (Å²) in [5.74, 6) is -0.451. The molecule has 0 aliphatic carbocycles. The molecule has 4 nitrogen and oxygen atoms in total. The normalized spacial score (nSPS) is 17.2. The van der Waals surface area contributed by atoms with E-state index in [4.69, 9.17) is 0 Å². The highest BCUT2D eigenvalue weighted by molar-refractivity contribution is 9.10. The number of carbonyl (C=O) groups excluding carboxylic acids is 2. The van der Waals surface area contributed by atoms with E-state index in [0.717, 1.165) is 27.0 Å². The van der Waals surface area contributed by atoms with Crippen LogP contribution in [-0.4, -0.2) is 18.4 Å². The zero-order valence-corrected chi connectivity index (χ0v) is 15.3. The lowest BCUT2D eigenvalue weighted by molar-refractivity contribution is -0.122. The summed E-state index contributed by atoms with van der Waals surface area (Å²) in [7, 11) is 0. The number of aryl methyl sites for hydroxylation is 2. The summed E-state index contributed by atoms with van der Waals surface area (Å²) >= 11 is 3.44. The van der Waals surface area contributed by atoms with Crippen LogP contribution in [0.4, 0.5) is 11.4 Å². The molecule has 0 aromatic heterocycles. The summed E-state index contributed by atoms with van der Waals surface area (Å²) in [4.78, 5) is 26.4. The number of nitrogens with zero attached hydrogens (tertiary/aromatic N) is 1. The Balaban J connectivity index is 1.69. The molecule has 1 aliphatic heterocycles. The Morgan fingerprint density at radius 1 is 1.17 bits per heavy atom. The van der Waals surface area contributed by atoms with Gasteiger partial charge in [-0.25, -0.2) is 0 Å². The van der Waals surface area contributed by atoms with Crippen LogP contribution in [0, 0.1) is 19.8 Å². The molecular weight excluding hydrogens is 368 g/mol. The van der Waals surface area contributed by atoms with Crippen LogP contribution in [0.25, 0.3) is 0 Å². The molecule has 2 amide bonds. The van der Waals surface area contributed by atoms with Gasteiger partial charge in [0.1, 0.15) is 0 Å². The molecule has 0 bridgehead atoms. The monoisotopic (exact) mass is 386 g/mol. The summed E-state index contributed by atoms with van der Waals surface area (Å²) in [5.41, 5.74) is 3.80. The van der Waals surface area contributed by atoms with Gasteiger partial charge in [0.05, 0.1) is 5.92 Å². The van der Waals surface area contributed by atoms with Gasteiger partial charge in [0.25, 0.3) is 0 Å². The molecular formula is C19H19BrN2O2. The molecule has 2 aromatic rings. The van der Waals surface area contributed by atoms with Gasteiger partial charge in [0.2, 0.25) is 11.8 Å². The number of nitrogens with one attached hydrogen (secondary N) is 1. The highest BCUT2D eigenvalue weighted by Gasteiger charge is 2.35. The number of halogens is 1. The smallest absolute Gasteiger partial charge is 0.229 e. The summed E-state index contributed by atoms with van der Waals surface area (Å²) in [6.45, 7) is 4.40. The number of hydrogen-bond acceptors (Lipinski definition) is 2. The van der Waals surface area contributed by atoms with E-state index in [-0.39, 0.29) is 24.2 Å². The third-order valence-corrected chi connectivity index (χ3v) is 5.16. The molecule has 1 fully saturated rings. The van der Waals surface area contributed by atoms with Gasteiger partial charge in [-0.2, -0.15) is 0 Å². The van der Waals surface area contributed by atoms with Gasteiger partial charge >= 0.3 is 0 Å². The number of carbonyl (C=O) groups is 2. The number of anilines is 2. The van der Waals surface area contributed by atoms with Gasteiger partial charge in [0.15, 0.2) is 0 Å². The number of benzene rings is 2. The minimum absolute atomic E-state index is 0.00834. The molecule has 0 saturated carbocycles. The maximum Gasteiger partial charge on any atom is 0.229 e. The number of amides is 2. The quantitative estimate of drug-likeness (QED) is 0.864. The third-order valence-electron chi connectivity index (χ3n) is 4.27. The van der Waals surface area contributed by atoms with E-state index in [2.05, 4.69) is 21.2 Å². The van der Waals surface area contributed by atoms with Gasteiger partial charge in [-0.3, -0.25) is 9.59 Å². The number of hydrogen-bond donors (Lipinski definition) is 1. The predicted octanol–water partition coefficient (Wildman–Crippen LogP) is 4.06. The summed E-state index contributed by atoms with van der Waals surface area (Å²) in [6.07, 6.45) is 0.245. The molecule has 1 aliphatic rings. The van der Waals surface area contributed by atoms with E-state index in [1.807, 2.05) is 56.3 Å². The van der Waals surface area contributed by atoms with Crippen molar-refractivity contribution in [2.75, 3.05) is 16.8 Å². The van der Waals surface area contributed by atoms with Gasteiger partial charge in [0, 0.05) is 28.8 Å². The lowest BCUT2D eigenvalue weighted by Gasteiger charge is -2.17. The predicted molar refractivity (Wildman–Crippen MR) is 99.1 cm³/mol. The van der Waals surface area contributed by atoms with Crippen molar-refractivity contribution in [3.8, 4) is 0 Å². The Bertz CT molecular complexity index is 786. The maximum absolute atomic E-state index is 12.5. The van der Waals surface area contributed by atoms with Crippen LogP contribution >= 0.6 is 15.9 Å². The van der Waals surface area contributed by atoms with E-state index in [9.17, 15) is 9.59 Å². The highest BCUT2D eigenvalue weighted by Crippen LogP contribution is 2.27. The van der Waals surface area contributed by atoms with E-state index >= 15 is 0 Å². The van der Waals surface area contributed by atoms with Crippen molar-refractivity contribution in [2.45, 2.75) is 20.3 Å². The summed E-state index contributed by atoms with van der Waals surface area (Å²) in [6, 6.07) is 13.5. The molecule has 5 heteroatoms. The first-order chi connectivity index (χ1) is 11.4. The first kappa shape index (κ1) is 16.7. The fourth-order valence-corrected chi connectivity index (χ4v) is 3.07. The zero-order chi connectivity index (χ0) is 17.3. The molecule has 2 aromatic carbocycles. The maximum atomic E-state index is 12.5. The average molecular weight is 387 g/mol. The van der Waals surface area contributed by atoms with Crippen molar-refractivity contribution in [3.63, 3.8) is 0 Å². The summed E-state index contributed by atoms with van der Waals surface area (Å²) < 4.78 is 1.00. The lowest BCUT2D eigenvalue weighted by Crippen LogP contribution is -2.28. The second kappa shape index (κ2) is 6.77. The van der Waals surface area contributed by atoms with Crippen molar-refractivity contribution in [2.24, 2.45) is 5.92 Å². The van der Waals surface area contributed by atoms with Crippen molar-refractivity contribution >= 4 is 39.1 Å². The molecule has 24 heavy (non-hydrogen) atoms. The standard InChI is InChI=1S/C19H19BrN2O2/c1-12-3-6-16(7-4-12)22-11-14(10-18(22)23)19(24)21-15-5-8-17(20)13(2)9-15/h3-9,14H,10-11H2,1-2H3,(H,21,24)/t14-/m1/s1. The van der Waals surface area contributed by atoms with Crippen molar-refractivity contribution in [3.05, 3.63) is 58.1 Å². The fourth-order valence-electron chi connectivity index (χ4n) is 2.82. The molecule has 1 heterocycles. The minimum atomic E-state index is -0.331. The SMILES string of the molecule is Cc1ccc(N2C[C@H](C(=O)Nc3ccc(Br)c(C)c3)CC2=O)cc1. The molecule has 0 radical (unpaired) electrons. The Morgan fingerprint density at radius 3 is 2.54 bits per heavy atom. The Hall–Kier alpha value is -2.14. The van der Waals surface area contributed by atoms with E-state index in [0.29, 0.717) is 6.54 Å². The van der Waals surface area contributed by atoms with Crippen LogP contribution in [0.15, 0.2) is 46.9 Å². The van der Waals surface area contributed by atoms with Crippen LogP contribution < -0.4 is 10.2 Å². The topological polar surface area (TPSA) is 49.4 Å².